The molecule has 21 heteroatoms. The van der Waals surface area contributed by atoms with E-state index in [0.29, 0.717) is 6.42 Å². The second-order valence-electron chi connectivity index (χ2n) is 18.7. The quantitative estimate of drug-likeness (QED) is 0.0117. The highest BCUT2D eigenvalue weighted by atomic mass is 31.3. The van der Waals surface area contributed by atoms with E-state index >= 15 is 0 Å². The van der Waals surface area contributed by atoms with Gasteiger partial charge < -0.3 is 45.1 Å². The first-order valence-electron chi connectivity index (χ1n) is 26.1. The minimum atomic E-state index is -5.46. The Morgan fingerprint density at radius 2 is 1.36 bits per heavy atom. The number of aromatic nitrogens is 2. The maximum absolute atomic E-state index is 12.9. The number of ether oxygens (including phenoxy) is 3. The fraction of sp³-hybridized carbons (Fsp3) is 0.725. The van der Waals surface area contributed by atoms with Crippen molar-refractivity contribution in [3.8, 4) is 0 Å². The number of aliphatic hydroxyl groups excluding tert-OH is 3. The predicted molar refractivity (Wildman–Crippen MR) is 276 cm³/mol. The van der Waals surface area contributed by atoms with Gasteiger partial charge in [0.15, 0.2) is 12.3 Å². The third-order valence-corrected chi connectivity index (χ3v) is 14.3. The zero-order valence-corrected chi connectivity index (χ0v) is 44.8. The lowest BCUT2D eigenvalue weighted by Crippen LogP contribution is -2.36. The third kappa shape index (κ3) is 31.4. The van der Waals surface area contributed by atoms with Gasteiger partial charge in [0.1, 0.15) is 30.7 Å². The first-order valence-corrected chi connectivity index (χ1v) is 29.1. The molecule has 0 aromatic carbocycles. The van der Waals surface area contributed by atoms with E-state index in [9.17, 15) is 48.6 Å². The molecule has 1 aliphatic heterocycles. The van der Waals surface area contributed by atoms with Crippen LogP contribution in [-0.4, -0.2) is 96.9 Å². The predicted octanol–water partition coefficient (Wildman–Crippen LogP) is 9.77. The highest BCUT2D eigenvalue weighted by molar-refractivity contribution is 7.61. The van der Waals surface area contributed by atoms with Gasteiger partial charge in [-0.2, -0.15) is 9.29 Å². The Morgan fingerprint density at radius 3 is 2.00 bits per heavy atom. The summed E-state index contributed by atoms with van der Waals surface area (Å²) in [6.07, 6.45) is 30.8. The van der Waals surface area contributed by atoms with Crippen LogP contribution in [0.2, 0.25) is 0 Å². The maximum atomic E-state index is 12.9. The number of nitrogens with two attached hydrogens (primary N) is 1. The number of aliphatic hydroxyl groups is 3. The number of phosphoric ester groups is 2. The molecule has 1 aromatic rings. The minimum Gasteiger partial charge on any atom is -0.462 e. The summed E-state index contributed by atoms with van der Waals surface area (Å²) in [5, 5.41) is 31.3. The SMILES string of the molecule is CCCCC/C=C\C/C=C\C/C=C\C=C\[C@@H](O)CCCC(=O)OC[C@H](COP(=O)(O)OP(=O)(O)OC[C@H]1O[C@@H](n2ccc(N)nc2=O)[C@H](O)[C@@H]1O)OC(=O)CCCCCCCCCCCCCCCC(C)C. The lowest BCUT2D eigenvalue weighted by molar-refractivity contribution is -0.161. The number of rotatable bonds is 42. The van der Waals surface area contributed by atoms with Gasteiger partial charge in [0.05, 0.1) is 19.3 Å². The molecule has 1 fully saturated rings. The van der Waals surface area contributed by atoms with Crippen molar-refractivity contribution in [2.24, 2.45) is 5.92 Å². The second-order valence-corrected chi connectivity index (χ2v) is 21.7. The van der Waals surface area contributed by atoms with Gasteiger partial charge in [-0.3, -0.25) is 23.2 Å². The molecule has 7 N–H and O–H groups in total. The summed E-state index contributed by atoms with van der Waals surface area (Å²) in [6, 6.07) is 1.24. The van der Waals surface area contributed by atoms with Crippen molar-refractivity contribution >= 4 is 33.4 Å². The van der Waals surface area contributed by atoms with E-state index in [4.69, 9.17) is 29.0 Å². The molecule has 0 bridgehead atoms. The van der Waals surface area contributed by atoms with E-state index in [1.807, 2.05) is 12.2 Å². The summed E-state index contributed by atoms with van der Waals surface area (Å²) in [5.41, 5.74) is 4.58. The van der Waals surface area contributed by atoms with E-state index in [1.165, 1.54) is 83.1 Å². The number of nitrogens with zero attached hydrogens (tertiary/aromatic N) is 2. The number of hydrogen-bond acceptors (Lipinski definition) is 16. The van der Waals surface area contributed by atoms with Crippen molar-refractivity contribution in [2.45, 2.75) is 212 Å². The molecule has 2 unspecified atom stereocenters. The highest BCUT2D eigenvalue weighted by Gasteiger charge is 2.46. The van der Waals surface area contributed by atoms with Crippen LogP contribution in [0.5, 0.6) is 0 Å². The minimum absolute atomic E-state index is 0.0108. The number of carbonyl (C=O) groups excluding carboxylic acids is 2. The molecule has 19 nitrogen and oxygen atoms in total. The van der Waals surface area contributed by atoms with Crippen LogP contribution in [0.15, 0.2) is 65.7 Å². The van der Waals surface area contributed by atoms with E-state index in [-0.39, 0.29) is 31.5 Å². The van der Waals surface area contributed by atoms with Gasteiger partial charge in [-0.15, -0.1) is 0 Å². The number of hydrogen-bond donors (Lipinski definition) is 6. The van der Waals surface area contributed by atoms with E-state index < -0.39 is 89.8 Å². The summed E-state index contributed by atoms with van der Waals surface area (Å²) in [6.45, 7) is 4.25. The molecular formula is C51H87N3O16P2. The number of esters is 2. The van der Waals surface area contributed by atoms with Gasteiger partial charge in [-0.1, -0.05) is 166 Å². The number of phosphoric acid groups is 2. The third-order valence-electron chi connectivity index (χ3n) is 11.7. The van der Waals surface area contributed by atoms with E-state index in [2.05, 4.69) is 54.4 Å². The zero-order valence-electron chi connectivity index (χ0n) is 43.0. The standard InChI is InChI=1S/C51H87N3O16P2/c1-4-5-6-7-8-9-10-12-16-19-22-25-28-32-42(55)33-30-35-46(56)65-38-43(68-47(57)34-29-26-23-20-17-14-11-13-15-18-21-24-27-31-41(2)3)39-66-71(61,62)70-72(63,64)67-40-44-48(58)49(59)50(69-44)54-37-36-45(52)53-51(54)60/h8-9,12,16,22,25,28,32,36-37,41-44,48-50,55,58-59H,4-7,10-11,13-15,17-21,23-24,26-27,29-31,33-35,38-40H2,1-3H3,(H,61,62)(H,63,64)(H2,52,53,60)/b9-8-,16-12-,25-22-,32-28+/t42-,43-,44-,48-,49-,50-/m1/s1. The Kier molecular flexibility index (Phi) is 34.4. The summed E-state index contributed by atoms with van der Waals surface area (Å²) < 4.78 is 56.7. The Labute approximate surface area is 427 Å². The molecule has 1 aliphatic rings. The summed E-state index contributed by atoms with van der Waals surface area (Å²) in [4.78, 5) is 62.0. The second kappa shape index (κ2) is 38.3. The van der Waals surface area contributed by atoms with Crippen molar-refractivity contribution < 1.29 is 71.4 Å². The largest absolute Gasteiger partial charge is 0.481 e. The molecule has 0 spiro atoms. The van der Waals surface area contributed by atoms with Crippen LogP contribution in [0.1, 0.15) is 181 Å². The van der Waals surface area contributed by atoms with Crippen LogP contribution in [0.3, 0.4) is 0 Å². The number of carbonyl (C=O) groups is 2. The summed E-state index contributed by atoms with van der Waals surface area (Å²) >= 11 is 0. The van der Waals surface area contributed by atoms with Crippen LogP contribution < -0.4 is 11.4 Å². The molecule has 1 saturated heterocycles. The summed E-state index contributed by atoms with van der Waals surface area (Å²) in [5.74, 6) is -0.729. The lowest BCUT2D eigenvalue weighted by Gasteiger charge is -2.21. The van der Waals surface area contributed by atoms with E-state index in [1.54, 1.807) is 12.2 Å². The molecule has 0 amide bonds. The first kappa shape index (κ1) is 64.8. The molecule has 412 valence electrons. The normalized spacial score (nSPS) is 20.0. The molecular weight excluding hydrogens is 973 g/mol. The Morgan fingerprint density at radius 1 is 0.764 bits per heavy atom. The molecule has 8 atom stereocenters. The van der Waals surface area contributed by atoms with Gasteiger partial charge in [0.2, 0.25) is 0 Å². The lowest BCUT2D eigenvalue weighted by atomic mass is 10.0. The van der Waals surface area contributed by atoms with Crippen molar-refractivity contribution in [1.82, 2.24) is 9.55 Å². The van der Waals surface area contributed by atoms with Crippen LogP contribution in [0.4, 0.5) is 5.82 Å². The Bertz CT molecular complexity index is 1930. The van der Waals surface area contributed by atoms with Gasteiger partial charge in [-0.05, 0) is 56.9 Å². The van der Waals surface area contributed by atoms with Gasteiger partial charge >= 0.3 is 33.3 Å². The number of allylic oxidation sites excluding steroid dienone is 7. The smallest absolute Gasteiger partial charge is 0.462 e. The molecule has 0 aliphatic carbocycles. The van der Waals surface area contributed by atoms with Crippen molar-refractivity contribution in [1.29, 1.82) is 0 Å². The van der Waals surface area contributed by atoms with Crippen LogP contribution in [-0.2, 0) is 46.3 Å². The number of anilines is 1. The molecule has 72 heavy (non-hydrogen) atoms. The highest BCUT2D eigenvalue weighted by Crippen LogP contribution is 2.60. The van der Waals surface area contributed by atoms with E-state index in [0.717, 1.165) is 61.6 Å². The number of nitrogen functional groups attached to an aromatic ring is 1. The Hall–Kier alpha value is -3.32. The molecule has 0 saturated carbocycles. The van der Waals surface area contributed by atoms with Crippen LogP contribution in [0.25, 0.3) is 0 Å². The fourth-order valence-electron chi connectivity index (χ4n) is 7.60. The fourth-order valence-corrected chi connectivity index (χ4v) is 9.71. The monoisotopic (exact) mass is 1060 g/mol. The van der Waals surface area contributed by atoms with Gasteiger partial charge in [0.25, 0.3) is 0 Å². The topological polar surface area (TPSA) is 286 Å². The van der Waals surface area contributed by atoms with Crippen molar-refractivity contribution in [3.63, 3.8) is 0 Å². The molecule has 2 rings (SSSR count). The van der Waals surface area contributed by atoms with Crippen molar-refractivity contribution in [3.05, 3.63) is 71.4 Å². The van der Waals surface area contributed by atoms with Crippen LogP contribution in [0, 0.1) is 5.92 Å². The molecule has 0 radical (unpaired) electrons. The Balaban J connectivity index is 1.84. The summed E-state index contributed by atoms with van der Waals surface area (Å²) in [7, 11) is -10.9. The zero-order chi connectivity index (χ0) is 53.0. The average Bonchev–Trinajstić information content (AvgIpc) is 3.60. The average molecular weight is 1060 g/mol. The number of unbranched alkanes of at least 4 members (excludes halogenated alkanes) is 15. The first-order chi connectivity index (χ1) is 34.4. The van der Waals surface area contributed by atoms with Gasteiger partial charge in [0, 0.05) is 19.0 Å². The molecule has 2 heterocycles. The maximum Gasteiger partial charge on any atom is 0.481 e. The van der Waals surface area contributed by atoms with Crippen LogP contribution >= 0.6 is 15.6 Å². The molecule has 1 aromatic heterocycles. The van der Waals surface area contributed by atoms with Crippen molar-refractivity contribution in [2.75, 3.05) is 25.6 Å². The van der Waals surface area contributed by atoms with Gasteiger partial charge in [-0.25, -0.2) is 13.9 Å².